The van der Waals surface area contributed by atoms with Crippen LogP contribution >= 0.6 is 0 Å². The van der Waals surface area contributed by atoms with Crippen molar-refractivity contribution in [2.75, 3.05) is 64.9 Å². The Morgan fingerprint density at radius 3 is 2.44 bits per heavy atom. The first-order chi connectivity index (χ1) is 25.7. The van der Waals surface area contributed by atoms with Gasteiger partial charge in [0, 0.05) is 67.0 Å². The number of hydrogen-bond acceptors (Lipinski definition) is 10. The largest absolute Gasteiger partial charge is 0.493 e. The molecule has 2 amide bonds. The number of rotatable bonds is 16. The Hall–Kier alpha value is -3.20. The molecular formula is C42H65N5O7S. The molecule has 6 rings (SSSR count). The third-order valence-corrected chi connectivity index (χ3v) is 13.4. The molecule has 13 heteroatoms. The first kappa shape index (κ1) is 42.9. The highest BCUT2D eigenvalue weighted by molar-refractivity contribution is 7.99. The second-order valence-electron chi connectivity index (χ2n) is 17.4. The van der Waals surface area contributed by atoms with Crippen LogP contribution in [0.1, 0.15) is 63.4 Å². The molecule has 1 aliphatic heterocycles. The highest BCUT2D eigenvalue weighted by Crippen LogP contribution is 2.61. The number of likely N-dealkylation sites (N-methyl/N-ethyl adjacent to an activating group) is 1. The first-order valence-corrected chi connectivity index (χ1v) is 21.9. The molecule has 2 bridgehead atoms. The smallest absolute Gasteiger partial charge is 0.251 e. The maximum Gasteiger partial charge on any atom is 0.251 e. The van der Waals surface area contributed by atoms with E-state index in [0.717, 1.165) is 28.8 Å². The molecule has 4 fully saturated rings. The fraction of sp³-hybridized carbons (Fsp3) is 0.643. The zero-order valence-electron chi connectivity index (χ0n) is 34.5. The fourth-order valence-electron chi connectivity index (χ4n) is 9.33. The van der Waals surface area contributed by atoms with Gasteiger partial charge in [-0.05, 0) is 103 Å². The number of carbonyl (C=O) groups is 2. The van der Waals surface area contributed by atoms with Gasteiger partial charge in [-0.2, -0.15) is 5.06 Å². The Balaban J connectivity index is 1.48. The van der Waals surface area contributed by atoms with E-state index in [1.54, 1.807) is 18.2 Å². The molecule has 1 unspecified atom stereocenters. The van der Waals surface area contributed by atoms with Gasteiger partial charge in [-0.25, -0.2) is 0 Å². The van der Waals surface area contributed by atoms with Crippen LogP contribution < -0.4 is 20.3 Å². The molecular weight excluding hydrogens is 719 g/mol. The van der Waals surface area contributed by atoms with E-state index < -0.39 is 33.7 Å². The number of fused-ring (bicyclic) bond motifs is 2. The van der Waals surface area contributed by atoms with Crippen LogP contribution in [0.25, 0.3) is 11.1 Å². The molecule has 306 valence electrons. The number of nitrogens with one attached hydrogen (secondary N) is 2. The number of para-hydroxylation sites is 1. The van der Waals surface area contributed by atoms with Crippen molar-refractivity contribution in [3.05, 3.63) is 47.5 Å². The Labute approximate surface area is 328 Å². The van der Waals surface area contributed by atoms with Gasteiger partial charge in [0.1, 0.15) is 17.9 Å². The van der Waals surface area contributed by atoms with E-state index >= 15 is 0 Å². The van der Waals surface area contributed by atoms with Gasteiger partial charge in [0.2, 0.25) is 5.91 Å². The molecule has 10 atom stereocenters. The summed E-state index contributed by atoms with van der Waals surface area (Å²) in [7, 11) is 5.27. The van der Waals surface area contributed by atoms with E-state index in [-0.39, 0.29) is 48.2 Å². The van der Waals surface area contributed by atoms with E-state index in [4.69, 9.17) is 9.57 Å². The van der Waals surface area contributed by atoms with E-state index in [9.17, 15) is 24.0 Å². The molecule has 0 spiro atoms. The fourth-order valence-corrected chi connectivity index (χ4v) is 10.4. The van der Waals surface area contributed by atoms with E-state index in [1.165, 1.54) is 6.42 Å². The molecule has 3 saturated carbocycles. The molecule has 12 nitrogen and oxygen atoms in total. The van der Waals surface area contributed by atoms with Crippen molar-refractivity contribution in [2.24, 2.45) is 29.1 Å². The van der Waals surface area contributed by atoms with Gasteiger partial charge in [0.15, 0.2) is 0 Å². The molecule has 0 aromatic heterocycles. The van der Waals surface area contributed by atoms with Crippen molar-refractivity contribution in [1.82, 2.24) is 20.6 Å². The Morgan fingerprint density at radius 2 is 1.87 bits per heavy atom. The summed E-state index contributed by atoms with van der Waals surface area (Å²) in [5.74, 6) is 4.89. The molecule has 55 heavy (non-hydrogen) atoms. The number of carbonyl (C=O) groups excluding carboxylic acids is 2. The van der Waals surface area contributed by atoms with Crippen LogP contribution in [0.4, 0.5) is 5.69 Å². The summed E-state index contributed by atoms with van der Waals surface area (Å²) in [4.78, 5) is 38.3. The van der Waals surface area contributed by atoms with E-state index in [1.807, 2.05) is 81.3 Å². The van der Waals surface area contributed by atoms with Gasteiger partial charge < -0.3 is 35.4 Å². The third-order valence-electron chi connectivity index (χ3n) is 12.3. The predicted octanol–water partition coefficient (Wildman–Crippen LogP) is 3.49. The van der Waals surface area contributed by atoms with Gasteiger partial charge in [-0.15, -0.1) is 0 Å². The number of aliphatic hydroxyl groups is 2. The lowest BCUT2D eigenvalue weighted by Crippen LogP contribution is -2.62. The normalized spacial score (nSPS) is 28.1. The topological polar surface area (TPSA) is 144 Å². The summed E-state index contributed by atoms with van der Waals surface area (Å²) in [6.07, 6.45) is 2.02. The number of amides is 2. The van der Waals surface area contributed by atoms with Crippen molar-refractivity contribution < 1.29 is 33.6 Å². The number of nitrogens with zero attached hydrogens (tertiary/aromatic N) is 3. The maximum absolute atomic E-state index is 14.3. The third kappa shape index (κ3) is 9.51. The van der Waals surface area contributed by atoms with Crippen LogP contribution in [0.5, 0.6) is 5.75 Å². The predicted molar refractivity (Wildman–Crippen MR) is 221 cm³/mol. The van der Waals surface area contributed by atoms with Crippen LogP contribution in [0.2, 0.25) is 0 Å². The lowest BCUT2D eigenvalue weighted by Gasteiger charge is -2.62. The molecule has 4 aliphatic rings. The number of ether oxygens (including phenoxy) is 1. The average molecular weight is 784 g/mol. The summed E-state index contributed by atoms with van der Waals surface area (Å²) >= 11 is 0. The van der Waals surface area contributed by atoms with Crippen molar-refractivity contribution in [1.29, 1.82) is 0 Å². The van der Waals surface area contributed by atoms with Crippen LogP contribution in [0.15, 0.2) is 36.4 Å². The first-order valence-electron chi connectivity index (χ1n) is 19.6. The van der Waals surface area contributed by atoms with E-state index in [0.29, 0.717) is 42.2 Å². The van der Waals surface area contributed by atoms with Crippen LogP contribution in [-0.2, 0) is 25.7 Å². The van der Waals surface area contributed by atoms with Crippen molar-refractivity contribution in [3.63, 3.8) is 0 Å². The molecule has 1 saturated heterocycles. The van der Waals surface area contributed by atoms with Gasteiger partial charge >= 0.3 is 0 Å². The number of hydroxylamine groups is 2. The summed E-state index contributed by atoms with van der Waals surface area (Å²) in [6.45, 7) is 11.1. The molecule has 4 N–H and O–H groups in total. The zero-order chi connectivity index (χ0) is 40.6. The van der Waals surface area contributed by atoms with Gasteiger partial charge in [-0.1, -0.05) is 39.0 Å². The molecule has 1 heterocycles. The average Bonchev–Trinajstić information content (AvgIpc) is 3.47. The van der Waals surface area contributed by atoms with Crippen LogP contribution in [0, 0.1) is 29.1 Å². The molecule has 3 aliphatic carbocycles. The van der Waals surface area contributed by atoms with Crippen LogP contribution in [-0.4, -0.2) is 132 Å². The Bertz CT molecular complexity index is 1800. The molecule has 2 aromatic rings. The quantitative estimate of drug-likeness (QED) is 0.187. The summed E-state index contributed by atoms with van der Waals surface area (Å²) in [6, 6.07) is 10.2. The number of hydrogen-bond donors (Lipinski definition) is 4. The highest BCUT2D eigenvalue weighted by atomic mass is 32.2. The number of aliphatic hydroxyl groups excluding tert-OH is 2. The minimum absolute atomic E-state index is 0.0227. The highest BCUT2D eigenvalue weighted by Gasteiger charge is 2.57. The summed E-state index contributed by atoms with van der Waals surface area (Å²) in [5, 5.41) is 29.4. The number of anilines is 1. The van der Waals surface area contributed by atoms with Gasteiger partial charge in [-0.3, -0.25) is 18.6 Å². The van der Waals surface area contributed by atoms with Crippen molar-refractivity contribution in [3.8, 4) is 16.9 Å². The zero-order valence-corrected chi connectivity index (χ0v) is 35.3. The molecule has 0 radical (unpaired) electrons. The summed E-state index contributed by atoms with van der Waals surface area (Å²) < 4.78 is 19.0. The summed E-state index contributed by atoms with van der Waals surface area (Å²) in [5.41, 5.74) is 3.76. The monoisotopic (exact) mass is 783 g/mol. The van der Waals surface area contributed by atoms with Gasteiger partial charge in [0.05, 0.1) is 31.9 Å². The van der Waals surface area contributed by atoms with E-state index in [2.05, 4.69) is 37.3 Å². The lowest BCUT2D eigenvalue weighted by molar-refractivity contribution is -0.183. The second-order valence-corrected chi connectivity index (χ2v) is 20.1. The Kier molecular flexibility index (Phi) is 13.4. The van der Waals surface area contributed by atoms with Crippen molar-refractivity contribution >= 4 is 32.9 Å². The lowest BCUT2D eigenvalue weighted by atomic mass is 9.45. The van der Waals surface area contributed by atoms with Crippen molar-refractivity contribution in [2.45, 2.75) is 84.3 Å². The van der Waals surface area contributed by atoms with Gasteiger partial charge in [0.25, 0.3) is 5.91 Å². The SMILES string of the molecule is C=S(C)(=O)C[C@@H](CN(C)C)NC(=O)c1cc(-c2cccc(CN3O[C@@H](CO)[C@@H]([C@H](C)O)[C@H]3C(=O)N[C@H]3C[C@H]4C[C@@H]([C@@H]3C)C4(C)C)c2OCC)cc(N(C)C)c1. The van der Waals surface area contributed by atoms with Crippen LogP contribution in [0.3, 0.4) is 0 Å². The molecule has 2 aromatic carbocycles. The number of benzene rings is 2. The maximum atomic E-state index is 14.3. The minimum atomic E-state index is -2.37. The Morgan fingerprint density at radius 1 is 1.16 bits per heavy atom. The standard InChI is InChI=1S/C42H65N5O7S/c1-12-53-39-27(21-47-38(37(26(3)49)36(23-48)54-47)41(51)44-35-20-30-19-34(25(35)2)42(30,4)5)14-13-15-33(39)28-16-29(18-32(17-28)46(8)9)40(50)43-31(22-45(6)7)24-55(10,11)52/h13-18,25-26,30-31,34-38,48-49H,10,12,19-24H2,1-9,11H3,(H,43,50)(H,44,51)/t25-,26-,30+,31+,34-,35-,36-,37+,38-,55?/m0/s1. The minimum Gasteiger partial charge on any atom is -0.493 e. The second kappa shape index (κ2) is 17.1.